The molecule has 5 heteroatoms. The van der Waals surface area contributed by atoms with E-state index >= 15 is 0 Å². The molecule has 1 aromatic heterocycles. The largest absolute Gasteiger partial charge is 0.496 e. The lowest BCUT2D eigenvalue weighted by molar-refractivity contribution is 0.404. The predicted molar refractivity (Wildman–Crippen MR) is 85.2 cm³/mol. The summed E-state index contributed by atoms with van der Waals surface area (Å²) in [5.41, 5.74) is 1.78. The van der Waals surface area contributed by atoms with Gasteiger partial charge in [-0.3, -0.25) is 0 Å². The summed E-state index contributed by atoms with van der Waals surface area (Å²) < 4.78 is 12.3. The first-order valence-corrected chi connectivity index (χ1v) is 6.82. The van der Waals surface area contributed by atoms with Gasteiger partial charge in [0.25, 0.3) is 0 Å². The quantitative estimate of drug-likeness (QED) is 0.783. The van der Waals surface area contributed by atoms with Crippen molar-refractivity contribution in [3.05, 3.63) is 60.8 Å². The van der Waals surface area contributed by atoms with Crippen molar-refractivity contribution < 1.29 is 9.47 Å². The lowest BCUT2D eigenvalue weighted by atomic mass is 10.2. The van der Waals surface area contributed by atoms with E-state index in [1.54, 1.807) is 25.0 Å². The Morgan fingerprint density at radius 3 is 2.64 bits per heavy atom. The molecule has 111 valence electrons. The number of benzene rings is 2. The first-order valence-electron chi connectivity index (χ1n) is 6.82. The van der Waals surface area contributed by atoms with Crippen molar-refractivity contribution >= 4 is 11.5 Å². The lowest BCUT2D eigenvalue weighted by Gasteiger charge is -2.10. The minimum atomic E-state index is 0.630. The molecule has 0 amide bonds. The van der Waals surface area contributed by atoms with Crippen molar-refractivity contribution in [2.45, 2.75) is 0 Å². The minimum Gasteiger partial charge on any atom is -0.496 e. The van der Waals surface area contributed by atoms with E-state index in [0.717, 1.165) is 17.2 Å². The van der Waals surface area contributed by atoms with Crippen LogP contribution in [-0.4, -0.2) is 24.0 Å². The van der Waals surface area contributed by atoms with Crippen molar-refractivity contribution in [1.29, 1.82) is 0 Å². The number of rotatable bonds is 5. The Hall–Kier alpha value is -2.95. The van der Waals surface area contributed by atoms with Crippen molar-refractivity contribution in [2.24, 2.45) is 0 Å². The fourth-order valence-corrected chi connectivity index (χ4v) is 2.10. The molecule has 5 nitrogen and oxygen atoms in total. The average Bonchev–Trinajstić information content (AvgIpc) is 3.04. The maximum absolute atomic E-state index is 5.32. The maximum atomic E-state index is 5.32. The van der Waals surface area contributed by atoms with E-state index in [1.165, 1.54) is 0 Å². The van der Waals surface area contributed by atoms with Gasteiger partial charge in [0.15, 0.2) is 5.82 Å². The number of nitrogens with one attached hydrogen (secondary N) is 1. The second kappa shape index (κ2) is 6.22. The Morgan fingerprint density at radius 2 is 1.91 bits per heavy atom. The molecule has 0 spiro atoms. The summed E-state index contributed by atoms with van der Waals surface area (Å²) in [6.45, 7) is 0. The van der Waals surface area contributed by atoms with Gasteiger partial charge in [-0.25, -0.2) is 4.68 Å². The van der Waals surface area contributed by atoms with E-state index in [4.69, 9.17) is 9.47 Å². The molecule has 0 aliphatic heterocycles. The minimum absolute atomic E-state index is 0.630. The van der Waals surface area contributed by atoms with Crippen LogP contribution in [0.15, 0.2) is 54.7 Å². The topological polar surface area (TPSA) is 48.3 Å². The molecule has 0 bridgehead atoms. The Bertz CT molecular complexity index is 754. The third-order valence-electron chi connectivity index (χ3n) is 3.20. The van der Waals surface area contributed by atoms with Gasteiger partial charge in [0.05, 0.1) is 25.6 Å². The SMILES string of the molecule is COc1[c]cc(OC)c(Nc2ccn(-c3ccccc3)n2)c1. The van der Waals surface area contributed by atoms with E-state index < -0.39 is 0 Å². The molecule has 2 aromatic carbocycles. The summed E-state index contributed by atoms with van der Waals surface area (Å²) in [6, 6.07) is 18.4. The molecule has 3 rings (SSSR count). The monoisotopic (exact) mass is 294 g/mol. The van der Waals surface area contributed by atoms with Gasteiger partial charge in [-0.2, -0.15) is 5.10 Å². The summed E-state index contributed by atoms with van der Waals surface area (Å²) in [6.07, 6.45) is 1.90. The van der Waals surface area contributed by atoms with Gasteiger partial charge in [0, 0.05) is 24.4 Å². The molecule has 22 heavy (non-hydrogen) atoms. The van der Waals surface area contributed by atoms with Crippen LogP contribution in [0, 0.1) is 6.07 Å². The zero-order chi connectivity index (χ0) is 15.4. The Morgan fingerprint density at radius 1 is 1.09 bits per heavy atom. The summed E-state index contributed by atoms with van der Waals surface area (Å²) in [5, 5.41) is 7.74. The molecule has 0 atom stereocenters. The van der Waals surface area contributed by atoms with Crippen LogP contribution in [0.5, 0.6) is 11.5 Å². The molecule has 1 heterocycles. The standard InChI is InChI=1S/C17H16N3O2/c1-21-14-8-9-16(22-2)15(12-14)18-17-10-11-20(19-17)13-6-4-3-5-7-13/h3-7,9-12H,1-2H3,(H,18,19). The van der Waals surface area contributed by atoms with Gasteiger partial charge in [-0.05, 0) is 18.2 Å². The fraction of sp³-hybridized carbons (Fsp3) is 0.118. The molecule has 0 aliphatic carbocycles. The van der Waals surface area contributed by atoms with Gasteiger partial charge < -0.3 is 14.8 Å². The molecule has 3 aromatic rings. The summed E-state index contributed by atoms with van der Waals surface area (Å²) in [7, 11) is 3.22. The van der Waals surface area contributed by atoms with Crippen molar-refractivity contribution in [3.63, 3.8) is 0 Å². The third kappa shape index (κ3) is 2.88. The van der Waals surface area contributed by atoms with E-state index in [0.29, 0.717) is 11.5 Å². The smallest absolute Gasteiger partial charge is 0.152 e. The number of nitrogens with zero attached hydrogens (tertiary/aromatic N) is 2. The molecule has 0 fully saturated rings. The van der Waals surface area contributed by atoms with Crippen LogP contribution in [0.2, 0.25) is 0 Å². The molecule has 0 saturated carbocycles. The highest BCUT2D eigenvalue weighted by atomic mass is 16.5. The highest BCUT2D eigenvalue weighted by molar-refractivity contribution is 5.66. The maximum Gasteiger partial charge on any atom is 0.152 e. The first-order chi connectivity index (χ1) is 10.8. The summed E-state index contributed by atoms with van der Waals surface area (Å²) >= 11 is 0. The normalized spacial score (nSPS) is 10.3. The van der Waals surface area contributed by atoms with Gasteiger partial charge in [-0.15, -0.1) is 0 Å². The average molecular weight is 294 g/mol. The van der Waals surface area contributed by atoms with E-state index in [2.05, 4.69) is 16.5 Å². The van der Waals surface area contributed by atoms with E-state index in [9.17, 15) is 0 Å². The second-order valence-corrected chi connectivity index (χ2v) is 4.59. The van der Waals surface area contributed by atoms with Crippen LogP contribution in [0.25, 0.3) is 5.69 Å². The lowest BCUT2D eigenvalue weighted by Crippen LogP contribution is -1.98. The fourth-order valence-electron chi connectivity index (χ4n) is 2.10. The van der Waals surface area contributed by atoms with Crippen LogP contribution in [0.3, 0.4) is 0 Å². The van der Waals surface area contributed by atoms with Crippen molar-refractivity contribution in [2.75, 3.05) is 19.5 Å². The highest BCUT2D eigenvalue weighted by Gasteiger charge is 2.08. The number of aromatic nitrogens is 2. The van der Waals surface area contributed by atoms with Gasteiger partial charge in [0.2, 0.25) is 0 Å². The van der Waals surface area contributed by atoms with E-state index in [1.807, 2.05) is 48.7 Å². The van der Waals surface area contributed by atoms with Crippen LogP contribution in [0.4, 0.5) is 11.5 Å². The Labute approximate surface area is 129 Å². The molecule has 0 unspecified atom stereocenters. The zero-order valence-corrected chi connectivity index (χ0v) is 12.4. The molecular formula is C17H16N3O2. The third-order valence-corrected chi connectivity index (χ3v) is 3.20. The number of ether oxygens (including phenoxy) is 2. The second-order valence-electron chi connectivity index (χ2n) is 4.59. The van der Waals surface area contributed by atoms with Gasteiger partial charge in [0.1, 0.15) is 11.5 Å². The van der Waals surface area contributed by atoms with Crippen LogP contribution >= 0.6 is 0 Å². The van der Waals surface area contributed by atoms with E-state index in [-0.39, 0.29) is 0 Å². The molecular weight excluding hydrogens is 278 g/mol. The van der Waals surface area contributed by atoms with Gasteiger partial charge in [-0.1, -0.05) is 18.2 Å². The predicted octanol–water partition coefficient (Wildman–Crippen LogP) is 3.43. The Balaban J connectivity index is 1.86. The van der Waals surface area contributed by atoms with Crippen molar-refractivity contribution in [1.82, 2.24) is 9.78 Å². The highest BCUT2D eigenvalue weighted by Crippen LogP contribution is 2.30. The number of para-hydroxylation sites is 1. The van der Waals surface area contributed by atoms with Gasteiger partial charge >= 0.3 is 0 Å². The van der Waals surface area contributed by atoms with Crippen LogP contribution in [-0.2, 0) is 0 Å². The van der Waals surface area contributed by atoms with Crippen LogP contribution in [0.1, 0.15) is 0 Å². The molecule has 0 saturated heterocycles. The molecule has 1 radical (unpaired) electrons. The number of anilines is 2. The molecule has 1 N–H and O–H groups in total. The Kier molecular flexibility index (Phi) is 3.96. The zero-order valence-electron chi connectivity index (χ0n) is 12.4. The molecule has 0 aliphatic rings. The first kappa shape index (κ1) is 14.0. The summed E-state index contributed by atoms with van der Waals surface area (Å²) in [4.78, 5) is 0. The van der Waals surface area contributed by atoms with Crippen molar-refractivity contribution in [3.8, 4) is 17.2 Å². The van der Waals surface area contributed by atoms with Crippen LogP contribution < -0.4 is 14.8 Å². The number of hydrogen-bond donors (Lipinski definition) is 1. The summed E-state index contributed by atoms with van der Waals surface area (Å²) in [5.74, 6) is 2.02. The number of hydrogen-bond acceptors (Lipinski definition) is 4. The number of methoxy groups -OCH3 is 2.